The first-order valence-corrected chi connectivity index (χ1v) is 5.32. The van der Waals surface area contributed by atoms with Crippen LogP contribution in [0.4, 0.5) is 4.39 Å². The number of halogens is 1. The molecule has 0 spiro atoms. The lowest BCUT2D eigenvalue weighted by atomic mass is 10.2. The largest absolute Gasteiger partial charge is 0.492 e. The van der Waals surface area contributed by atoms with Crippen molar-refractivity contribution in [3.8, 4) is 5.75 Å². The van der Waals surface area contributed by atoms with Gasteiger partial charge in [0.1, 0.15) is 18.2 Å². The smallest absolute Gasteiger partial charge is 0.126 e. The summed E-state index contributed by atoms with van der Waals surface area (Å²) in [6.45, 7) is 4.61. The van der Waals surface area contributed by atoms with Gasteiger partial charge in [0.15, 0.2) is 0 Å². The number of aryl methyl sites for hydroxylation is 1. The summed E-state index contributed by atoms with van der Waals surface area (Å²) in [7, 11) is 1.66. The topological polar surface area (TPSA) is 30.5 Å². The third kappa shape index (κ3) is 4.59. The van der Waals surface area contributed by atoms with Crippen molar-refractivity contribution in [1.82, 2.24) is 5.32 Å². The van der Waals surface area contributed by atoms with Gasteiger partial charge in [0, 0.05) is 26.3 Å². The third-order valence-corrected chi connectivity index (χ3v) is 2.17. The predicted octanol–water partition coefficient (Wildman–Crippen LogP) is 1.75. The molecule has 0 aliphatic rings. The van der Waals surface area contributed by atoms with Crippen molar-refractivity contribution in [3.05, 3.63) is 29.6 Å². The van der Waals surface area contributed by atoms with E-state index >= 15 is 0 Å². The minimum Gasteiger partial charge on any atom is -0.492 e. The minimum absolute atomic E-state index is 0.270. The van der Waals surface area contributed by atoms with Crippen LogP contribution in [0.3, 0.4) is 0 Å². The van der Waals surface area contributed by atoms with Crippen LogP contribution < -0.4 is 10.1 Å². The Morgan fingerprint density at radius 2 is 2.00 bits per heavy atom. The van der Waals surface area contributed by atoms with Gasteiger partial charge in [-0.15, -0.1) is 0 Å². The van der Waals surface area contributed by atoms with Gasteiger partial charge in [0.25, 0.3) is 0 Å². The molecular weight excluding hydrogens is 209 g/mol. The van der Waals surface area contributed by atoms with Crippen LogP contribution in [0.25, 0.3) is 0 Å². The average Bonchev–Trinajstić information content (AvgIpc) is 2.28. The van der Waals surface area contributed by atoms with Crippen LogP contribution in [0.2, 0.25) is 0 Å². The van der Waals surface area contributed by atoms with Gasteiger partial charge in [-0.3, -0.25) is 0 Å². The van der Waals surface area contributed by atoms with E-state index in [0.29, 0.717) is 19.0 Å². The second kappa shape index (κ2) is 7.19. The second-order valence-corrected chi connectivity index (χ2v) is 3.50. The van der Waals surface area contributed by atoms with E-state index in [1.807, 2.05) is 6.92 Å². The molecule has 0 radical (unpaired) electrons. The number of rotatable bonds is 7. The van der Waals surface area contributed by atoms with Crippen LogP contribution in [0.1, 0.15) is 5.56 Å². The summed E-state index contributed by atoms with van der Waals surface area (Å²) in [6, 6.07) is 4.55. The maximum atomic E-state index is 12.9. The van der Waals surface area contributed by atoms with Gasteiger partial charge in [-0.05, 0) is 18.6 Å². The first-order chi connectivity index (χ1) is 7.74. The molecule has 0 aliphatic heterocycles. The van der Waals surface area contributed by atoms with Crippen LogP contribution >= 0.6 is 0 Å². The first-order valence-electron chi connectivity index (χ1n) is 5.32. The Hall–Kier alpha value is -1.13. The third-order valence-electron chi connectivity index (χ3n) is 2.17. The molecule has 1 N–H and O–H groups in total. The summed E-state index contributed by atoms with van der Waals surface area (Å²) in [5, 5.41) is 3.15. The molecule has 1 aromatic carbocycles. The highest BCUT2D eigenvalue weighted by Crippen LogP contribution is 2.18. The van der Waals surface area contributed by atoms with Crippen molar-refractivity contribution in [1.29, 1.82) is 0 Å². The molecule has 1 rings (SSSR count). The van der Waals surface area contributed by atoms with Crippen LogP contribution in [0, 0.1) is 12.7 Å². The SMILES string of the molecule is COCCNCCOc1cc(F)ccc1C. The molecular formula is C12H18FNO2. The molecule has 0 fully saturated rings. The van der Waals surface area contributed by atoms with Crippen molar-refractivity contribution in [2.24, 2.45) is 0 Å². The Bertz CT molecular complexity index is 318. The van der Waals surface area contributed by atoms with Crippen molar-refractivity contribution >= 4 is 0 Å². The van der Waals surface area contributed by atoms with E-state index in [1.165, 1.54) is 12.1 Å². The highest BCUT2D eigenvalue weighted by Gasteiger charge is 2.00. The van der Waals surface area contributed by atoms with E-state index in [-0.39, 0.29) is 5.82 Å². The summed E-state index contributed by atoms with van der Waals surface area (Å²) in [5.41, 5.74) is 0.943. The Balaban J connectivity index is 2.23. The van der Waals surface area contributed by atoms with E-state index < -0.39 is 0 Å². The number of methoxy groups -OCH3 is 1. The molecule has 0 saturated heterocycles. The first kappa shape index (κ1) is 12.9. The lowest BCUT2D eigenvalue weighted by Crippen LogP contribution is -2.24. The summed E-state index contributed by atoms with van der Waals surface area (Å²) >= 11 is 0. The molecule has 16 heavy (non-hydrogen) atoms. The molecule has 0 bridgehead atoms. The van der Waals surface area contributed by atoms with Gasteiger partial charge in [0.05, 0.1) is 6.61 Å². The Labute approximate surface area is 95.6 Å². The van der Waals surface area contributed by atoms with Gasteiger partial charge in [0.2, 0.25) is 0 Å². The molecule has 90 valence electrons. The lowest BCUT2D eigenvalue weighted by molar-refractivity contribution is 0.196. The Morgan fingerprint density at radius 1 is 1.25 bits per heavy atom. The molecule has 0 aliphatic carbocycles. The monoisotopic (exact) mass is 227 g/mol. The fourth-order valence-corrected chi connectivity index (χ4v) is 1.26. The summed E-state index contributed by atoms with van der Waals surface area (Å²) in [5.74, 6) is 0.335. The normalized spacial score (nSPS) is 10.4. The zero-order valence-electron chi connectivity index (χ0n) is 9.75. The number of benzene rings is 1. The van der Waals surface area contributed by atoms with E-state index in [1.54, 1.807) is 13.2 Å². The average molecular weight is 227 g/mol. The van der Waals surface area contributed by atoms with Gasteiger partial charge in [-0.25, -0.2) is 4.39 Å². The Kier molecular flexibility index (Phi) is 5.82. The molecule has 0 amide bonds. The van der Waals surface area contributed by atoms with Crippen LogP contribution in [0.5, 0.6) is 5.75 Å². The lowest BCUT2D eigenvalue weighted by Gasteiger charge is -2.09. The molecule has 4 heteroatoms. The molecule has 0 heterocycles. The molecule has 1 aromatic rings. The maximum absolute atomic E-state index is 12.9. The Morgan fingerprint density at radius 3 is 2.75 bits per heavy atom. The fraction of sp³-hybridized carbons (Fsp3) is 0.500. The van der Waals surface area contributed by atoms with E-state index in [9.17, 15) is 4.39 Å². The summed E-state index contributed by atoms with van der Waals surface area (Å²) in [6.07, 6.45) is 0. The van der Waals surface area contributed by atoms with Crippen molar-refractivity contribution < 1.29 is 13.9 Å². The molecule has 0 atom stereocenters. The van der Waals surface area contributed by atoms with Gasteiger partial charge >= 0.3 is 0 Å². The fourth-order valence-electron chi connectivity index (χ4n) is 1.26. The second-order valence-electron chi connectivity index (χ2n) is 3.50. The van der Waals surface area contributed by atoms with Crippen LogP contribution in [-0.4, -0.2) is 33.4 Å². The molecule has 0 unspecified atom stereocenters. The highest BCUT2D eigenvalue weighted by atomic mass is 19.1. The standard InChI is InChI=1S/C12H18FNO2/c1-10-3-4-11(13)9-12(10)16-8-6-14-5-7-15-2/h3-4,9,14H,5-8H2,1-2H3. The summed E-state index contributed by atoms with van der Waals surface area (Å²) < 4.78 is 23.3. The predicted molar refractivity (Wildman–Crippen MR) is 61.4 cm³/mol. The minimum atomic E-state index is -0.270. The van der Waals surface area contributed by atoms with E-state index in [4.69, 9.17) is 9.47 Å². The number of ether oxygens (including phenoxy) is 2. The number of nitrogens with one attached hydrogen (secondary N) is 1. The van der Waals surface area contributed by atoms with E-state index in [0.717, 1.165) is 18.7 Å². The van der Waals surface area contributed by atoms with Gasteiger partial charge < -0.3 is 14.8 Å². The van der Waals surface area contributed by atoms with Crippen molar-refractivity contribution in [2.75, 3.05) is 33.4 Å². The summed E-state index contributed by atoms with van der Waals surface area (Å²) in [4.78, 5) is 0. The molecule has 0 saturated carbocycles. The quantitative estimate of drug-likeness (QED) is 0.720. The number of hydrogen-bond donors (Lipinski definition) is 1. The number of hydrogen-bond acceptors (Lipinski definition) is 3. The zero-order valence-corrected chi connectivity index (χ0v) is 9.75. The maximum Gasteiger partial charge on any atom is 0.126 e. The van der Waals surface area contributed by atoms with Crippen molar-refractivity contribution in [2.45, 2.75) is 6.92 Å². The highest BCUT2D eigenvalue weighted by molar-refractivity contribution is 5.32. The van der Waals surface area contributed by atoms with Gasteiger partial charge in [-0.1, -0.05) is 6.07 Å². The van der Waals surface area contributed by atoms with Crippen LogP contribution in [-0.2, 0) is 4.74 Å². The molecule has 0 aromatic heterocycles. The van der Waals surface area contributed by atoms with Crippen molar-refractivity contribution in [3.63, 3.8) is 0 Å². The van der Waals surface area contributed by atoms with Gasteiger partial charge in [-0.2, -0.15) is 0 Å². The van der Waals surface area contributed by atoms with Crippen LogP contribution in [0.15, 0.2) is 18.2 Å². The zero-order chi connectivity index (χ0) is 11.8. The molecule has 3 nitrogen and oxygen atoms in total. The van der Waals surface area contributed by atoms with E-state index in [2.05, 4.69) is 5.32 Å².